The zero-order valence-corrected chi connectivity index (χ0v) is 14.9. The van der Waals surface area contributed by atoms with Crippen molar-refractivity contribution in [2.75, 3.05) is 18.4 Å². The van der Waals surface area contributed by atoms with Crippen molar-refractivity contribution in [3.05, 3.63) is 28.0 Å². The fourth-order valence-corrected chi connectivity index (χ4v) is 4.75. The largest absolute Gasteiger partial charge is 0.372 e. The molecule has 21 heavy (non-hydrogen) atoms. The summed E-state index contributed by atoms with van der Waals surface area (Å²) in [4.78, 5) is -0.284. The first-order valence-corrected chi connectivity index (χ1v) is 9.44. The van der Waals surface area contributed by atoms with Gasteiger partial charge >= 0.3 is 0 Å². The Morgan fingerprint density at radius 2 is 2.10 bits per heavy atom. The first-order chi connectivity index (χ1) is 9.77. The quantitative estimate of drug-likeness (QED) is 0.556. The first kappa shape index (κ1) is 17.4. The molecule has 0 aromatic heterocycles. The molecule has 4 nitrogen and oxygen atoms in total. The molecule has 1 saturated heterocycles. The van der Waals surface area contributed by atoms with E-state index < -0.39 is 20.9 Å². The second kappa shape index (κ2) is 6.68. The lowest BCUT2D eigenvalue weighted by atomic mass is 10.3. The van der Waals surface area contributed by atoms with E-state index in [0.29, 0.717) is 5.33 Å². The highest BCUT2D eigenvalue weighted by Gasteiger charge is 2.35. The van der Waals surface area contributed by atoms with Crippen LogP contribution in [0.2, 0.25) is 10.0 Å². The molecule has 2 rings (SSSR count). The molecule has 0 bridgehead atoms. The summed E-state index contributed by atoms with van der Waals surface area (Å²) in [6, 6.07) is 2.40. The van der Waals surface area contributed by atoms with Crippen molar-refractivity contribution in [1.82, 2.24) is 4.31 Å². The first-order valence-electron chi connectivity index (χ1n) is 6.12. The lowest BCUT2D eigenvalue weighted by Gasteiger charge is -2.35. The Kier molecular flexibility index (Phi) is 5.55. The number of sulfonamides is 1. The molecule has 0 saturated carbocycles. The lowest BCUT2D eigenvalue weighted by molar-refractivity contribution is -0.0411. The van der Waals surface area contributed by atoms with Gasteiger partial charge in [0.1, 0.15) is 4.90 Å². The highest BCUT2D eigenvalue weighted by Crippen LogP contribution is 2.32. The molecule has 2 atom stereocenters. The minimum Gasteiger partial charge on any atom is -0.372 e. The standard InChI is InChI=1S/C12H13BrCl2FNO3S/c1-7-5-17(6-8(4-13)20-7)21(18,19)10-3-2-9(14)12(16)11(10)15/h2-3,7-8H,4-6H2,1H3. The zero-order valence-electron chi connectivity index (χ0n) is 11.0. The molecule has 1 aliphatic heterocycles. The summed E-state index contributed by atoms with van der Waals surface area (Å²) in [6.07, 6.45) is -0.522. The SMILES string of the molecule is CC1CN(S(=O)(=O)c2ccc(Cl)c(F)c2Cl)CC(CBr)O1. The maximum Gasteiger partial charge on any atom is 0.244 e. The van der Waals surface area contributed by atoms with E-state index in [1.807, 2.05) is 0 Å². The Morgan fingerprint density at radius 3 is 2.71 bits per heavy atom. The summed E-state index contributed by atoms with van der Waals surface area (Å²) in [6.45, 7) is 2.15. The smallest absolute Gasteiger partial charge is 0.244 e. The average Bonchev–Trinajstić information content (AvgIpc) is 2.43. The Morgan fingerprint density at radius 1 is 1.43 bits per heavy atom. The van der Waals surface area contributed by atoms with Gasteiger partial charge in [0.05, 0.1) is 22.3 Å². The summed E-state index contributed by atoms with van der Waals surface area (Å²) in [5.74, 6) is -0.933. The van der Waals surface area contributed by atoms with E-state index in [1.54, 1.807) is 6.92 Å². The predicted molar refractivity (Wildman–Crippen MR) is 83.3 cm³/mol. The molecule has 0 aliphatic carbocycles. The highest BCUT2D eigenvalue weighted by molar-refractivity contribution is 9.09. The molecule has 0 amide bonds. The van der Waals surface area contributed by atoms with Gasteiger partial charge in [0.2, 0.25) is 10.0 Å². The van der Waals surface area contributed by atoms with E-state index >= 15 is 0 Å². The van der Waals surface area contributed by atoms with E-state index in [9.17, 15) is 12.8 Å². The second-order valence-corrected chi connectivity index (χ2v) is 8.06. The molecule has 1 aliphatic rings. The number of hydrogen-bond acceptors (Lipinski definition) is 3. The minimum atomic E-state index is -3.91. The fourth-order valence-electron chi connectivity index (χ4n) is 2.13. The van der Waals surface area contributed by atoms with Crippen molar-refractivity contribution in [1.29, 1.82) is 0 Å². The number of ether oxygens (including phenoxy) is 1. The summed E-state index contributed by atoms with van der Waals surface area (Å²) in [7, 11) is -3.91. The maximum absolute atomic E-state index is 13.7. The van der Waals surface area contributed by atoms with Gasteiger partial charge in [0.25, 0.3) is 0 Å². The molecular formula is C12H13BrCl2FNO3S. The molecule has 118 valence electrons. The van der Waals surface area contributed by atoms with E-state index in [0.717, 1.165) is 0 Å². The number of morpholine rings is 1. The van der Waals surface area contributed by atoms with Crippen molar-refractivity contribution in [2.24, 2.45) is 0 Å². The topological polar surface area (TPSA) is 46.6 Å². The maximum atomic E-state index is 13.7. The number of nitrogens with zero attached hydrogens (tertiary/aromatic N) is 1. The van der Waals surface area contributed by atoms with Gasteiger partial charge < -0.3 is 4.74 Å². The van der Waals surface area contributed by atoms with Crippen LogP contribution in [0.3, 0.4) is 0 Å². The van der Waals surface area contributed by atoms with Gasteiger partial charge in [-0.2, -0.15) is 4.31 Å². The molecule has 9 heteroatoms. The van der Waals surface area contributed by atoms with E-state index in [1.165, 1.54) is 16.4 Å². The van der Waals surface area contributed by atoms with Crippen LogP contribution in [0.5, 0.6) is 0 Å². The molecule has 1 aromatic carbocycles. The van der Waals surface area contributed by atoms with E-state index in [-0.39, 0.29) is 35.2 Å². The van der Waals surface area contributed by atoms with Crippen molar-refractivity contribution >= 4 is 49.2 Å². The van der Waals surface area contributed by atoms with Crippen LogP contribution in [0.25, 0.3) is 0 Å². The molecule has 2 unspecified atom stereocenters. The third kappa shape index (κ3) is 3.54. The predicted octanol–water partition coefficient (Wildman–Crippen LogP) is 3.31. The molecule has 1 heterocycles. The van der Waals surface area contributed by atoms with Crippen LogP contribution < -0.4 is 0 Å². The van der Waals surface area contributed by atoms with Gasteiger partial charge in [0.15, 0.2) is 5.82 Å². The Labute approximate surface area is 141 Å². The highest BCUT2D eigenvalue weighted by atomic mass is 79.9. The van der Waals surface area contributed by atoms with Crippen molar-refractivity contribution < 1.29 is 17.5 Å². The normalized spacial score (nSPS) is 24.2. The summed E-state index contributed by atoms with van der Waals surface area (Å²) in [5.41, 5.74) is 0. The van der Waals surface area contributed by atoms with Crippen LogP contribution >= 0.6 is 39.1 Å². The van der Waals surface area contributed by atoms with Gasteiger partial charge in [-0.15, -0.1) is 0 Å². The van der Waals surface area contributed by atoms with Crippen LogP contribution in [0.1, 0.15) is 6.92 Å². The van der Waals surface area contributed by atoms with Crippen LogP contribution in [-0.2, 0) is 14.8 Å². The van der Waals surface area contributed by atoms with Crippen LogP contribution in [0.15, 0.2) is 17.0 Å². The monoisotopic (exact) mass is 419 g/mol. The van der Waals surface area contributed by atoms with Gasteiger partial charge in [0, 0.05) is 18.4 Å². The molecule has 0 spiro atoms. The second-order valence-electron chi connectivity index (χ2n) is 4.72. The molecule has 0 N–H and O–H groups in total. The summed E-state index contributed by atoms with van der Waals surface area (Å²) in [5, 5.41) is -0.198. The fraction of sp³-hybridized carbons (Fsp3) is 0.500. The van der Waals surface area contributed by atoms with Gasteiger partial charge in [-0.3, -0.25) is 0 Å². The Balaban J connectivity index is 2.40. The minimum absolute atomic E-state index is 0.179. The number of alkyl halides is 1. The van der Waals surface area contributed by atoms with Gasteiger partial charge in [-0.05, 0) is 19.1 Å². The number of hydrogen-bond donors (Lipinski definition) is 0. The summed E-state index contributed by atoms with van der Waals surface area (Å²) >= 11 is 14.7. The average molecular weight is 421 g/mol. The van der Waals surface area contributed by atoms with Crippen molar-refractivity contribution in [2.45, 2.75) is 24.0 Å². The van der Waals surface area contributed by atoms with Crippen LogP contribution in [0, 0.1) is 5.82 Å². The lowest BCUT2D eigenvalue weighted by Crippen LogP contribution is -2.49. The van der Waals surface area contributed by atoms with Crippen molar-refractivity contribution in [3.63, 3.8) is 0 Å². The molecule has 1 fully saturated rings. The Hall–Kier alpha value is 0.0800. The molecule has 0 radical (unpaired) electrons. The summed E-state index contributed by atoms with van der Waals surface area (Å²) < 4.78 is 45.8. The number of rotatable bonds is 3. The zero-order chi connectivity index (χ0) is 15.8. The third-order valence-corrected chi connectivity index (χ3v) is 6.45. The van der Waals surface area contributed by atoms with Gasteiger partial charge in [-0.1, -0.05) is 39.1 Å². The third-order valence-electron chi connectivity index (χ3n) is 3.08. The van der Waals surface area contributed by atoms with Crippen LogP contribution in [-0.4, -0.2) is 43.4 Å². The molecular weight excluding hydrogens is 408 g/mol. The number of benzene rings is 1. The van der Waals surface area contributed by atoms with Crippen molar-refractivity contribution in [3.8, 4) is 0 Å². The van der Waals surface area contributed by atoms with Gasteiger partial charge in [-0.25, -0.2) is 12.8 Å². The van der Waals surface area contributed by atoms with E-state index in [2.05, 4.69) is 15.9 Å². The van der Waals surface area contributed by atoms with E-state index in [4.69, 9.17) is 27.9 Å². The number of halogens is 4. The Bertz CT molecular complexity index is 644. The molecule has 1 aromatic rings. The van der Waals surface area contributed by atoms with Crippen LogP contribution in [0.4, 0.5) is 4.39 Å².